The van der Waals surface area contributed by atoms with Gasteiger partial charge in [-0.1, -0.05) is 35.1 Å². The monoisotopic (exact) mass is 274 g/mol. The van der Waals surface area contributed by atoms with Crippen molar-refractivity contribution in [1.82, 2.24) is 4.98 Å². The van der Waals surface area contributed by atoms with E-state index in [1.54, 1.807) is 12.1 Å². The Labute approximate surface area is 113 Å². The maximum absolute atomic E-state index is 8.75. The van der Waals surface area contributed by atoms with E-state index in [0.717, 1.165) is 5.56 Å². The number of hydrogen-bond donors (Lipinski definition) is 1. The van der Waals surface area contributed by atoms with Crippen molar-refractivity contribution in [2.24, 2.45) is 0 Å². The van der Waals surface area contributed by atoms with Crippen LogP contribution in [0.4, 0.5) is 5.13 Å². The Balaban J connectivity index is 2.02. The number of nitrogens with zero attached hydrogens (tertiary/aromatic N) is 3. The summed E-state index contributed by atoms with van der Waals surface area (Å²) in [6.45, 7) is 0.570. The van der Waals surface area contributed by atoms with Crippen LogP contribution in [0.3, 0.4) is 0 Å². The number of thiazole rings is 1. The van der Waals surface area contributed by atoms with Crippen molar-refractivity contribution in [2.75, 3.05) is 5.32 Å². The highest BCUT2D eigenvalue weighted by Crippen LogP contribution is 2.26. The molecule has 0 spiro atoms. The molecule has 0 bridgehead atoms. The van der Waals surface area contributed by atoms with Crippen molar-refractivity contribution in [2.45, 2.75) is 6.54 Å². The number of anilines is 1. The quantitative estimate of drug-likeness (QED) is 0.933. The van der Waals surface area contributed by atoms with Crippen molar-refractivity contribution in [3.63, 3.8) is 0 Å². The number of nitriles is 2. The van der Waals surface area contributed by atoms with E-state index in [1.165, 1.54) is 11.3 Å². The fraction of sp³-hybridized carbons (Fsp3) is 0.0833. The van der Waals surface area contributed by atoms with Gasteiger partial charge in [-0.15, -0.1) is 0 Å². The summed E-state index contributed by atoms with van der Waals surface area (Å²) in [5.74, 6) is 0. The van der Waals surface area contributed by atoms with Crippen molar-refractivity contribution in [1.29, 1.82) is 10.5 Å². The van der Waals surface area contributed by atoms with Crippen LogP contribution in [0.1, 0.15) is 16.0 Å². The molecule has 18 heavy (non-hydrogen) atoms. The van der Waals surface area contributed by atoms with Gasteiger partial charge in [0, 0.05) is 6.54 Å². The summed E-state index contributed by atoms with van der Waals surface area (Å²) in [7, 11) is 0. The molecule has 0 fully saturated rings. The molecule has 88 valence electrons. The average Bonchev–Trinajstić information content (AvgIpc) is 2.77. The zero-order valence-corrected chi connectivity index (χ0v) is 10.7. The molecule has 0 aliphatic carbocycles. The third-order valence-electron chi connectivity index (χ3n) is 2.21. The van der Waals surface area contributed by atoms with Gasteiger partial charge in [0.05, 0.1) is 11.6 Å². The minimum absolute atomic E-state index is 0.227. The van der Waals surface area contributed by atoms with Crippen molar-refractivity contribution in [3.8, 4) is 12.1 Å². The second-order valence-corrected chi connectivity index (χ2v) is 4.77. The van der Waals surface area contributed by atoms with Crippen molar-refractivity contribution in [3.05, 3.63) is 45.4 Å². The smallest absolute Gasteiger partial charge is 0.185 e. The van der Waals surface area contributed by atoms with Crippen LogP contribution in [-0.2, 0) is 6.54 Å². The predicted molar refractivity (Wildman–Crippen MR) is 70.3 cm³/mol. The van der Waals surface area contributed by atoms with Crippen molar-refractivity contribution < 1.29 is 0 Å². The van der Waals surface area contributed by atoms with Gasteiger partial charge < -0.3 is 5.32 Å². The number of nitrogens with one attached hydrogen (secondary N) is 1. The van der Waals surface area contributed by atoms with E-state index in [1.807, 2.05) is 18.2 Å². The Bertz CT molecular complexity index is 634. The molecule has 4 nitrogen and oxygen atoms in total. The first kappa shape index (κ1) is 12.4. The van der Waals surface area contributed by atoms with Crippen LogP contribution in [0.15, 0.2) is 24.3 Å². The SMILES string of the molecule is N#Cc1ccc(CNc2nc(Cl)c(C#N)s2)cc1. The van der Waals surface area contributed by atoms with Gasteiger partial charge in [-0.25, -0.2) is 4.98 Å². The zero-order valence-electron chi connectivity index (χ0n) is 9.14. The lowest BCUT2D eigenvalue weighted by atomic mass is 10.1. The van der Waals surface area contributed by atoms with E-state index in [2.05, 4.69) is 16.4 Å². The molecule has 1 N–H and O–H groups in total. The Morgan fingerprint density at radius 2 is 1.94 bits per heavy atom. The maximum Gasteiger partial charge on any atom is 0.185 e. The number of hydrogen-bond acceptors (Lipinski definition) is 5. The standard InChI is InChI=1S/C12H7ClN4S/c13-11-10(6-15)18-12(17-11)16-7-9-3-1-8(5-14)2-4-9/h1-4H,7H2,(H,16,17). The minimum Gasteiger partial charge on any atom is -0.357 e. The number of aromatic nitrogens is 1. The first-order valence-corrected chi connectivity index (χ1v) is 6.21. The fourth-order valence-corrected chi connectivity index (χ4v) is 2.26. The third-order valence-corrected chi connectivity index (χ3v) is 3.52. The summed E-state index contributed by atoms with van der Waals surface area (Å²) in [6, 6.07) is 11.3. The summed E-state index contributed by atoms with van der Waals surface area (Å²) in [5, 5.41) is 21.4. The molecule has 1 aromatic carbocycles. The van der Waals surface area contributed by atoms with Crippen LogP contribution in [0.2, 0.25) is 5.15 Å². The van der Waals surface area contributed by atoms with Crippen LogP contribution in [0, 0.1) is 22.7 Å². The van der Waals surface area contributed by atoms with Gasteiger partial charge in [-0.3, -0.25) is 0 Å². The van der Waals surface area contributed by atoms with Crippen LogP contribution in [0.5, 0.6) is 0 Å². The first-order valence-electron chi connectivity index (χ1n) is 5.02. The average molecular weight is 275 g/mol. The Hall–Kier alpha value is -2.08. The normalized spacial score (nSPS) is 9.50. The second kappa shape index (κ2) is 5.50. The second-order valence-electron chi connectivity index (χ2n) is 3.41. The molecule has 0 radical (unpaired) electrons. The minimum atomic E-state index is 0.227. The van der Waals surface area contributed by atoms with Crippen LogP contribution in [0.25, 0.3) is 0 Å². The molecule has 0 aliphatic heterocycles. The van der Waals surface area contributed by atoms with E-state index in [0.29, 0.717) is 22.1 Å². The fourth-order valence-electron chi connectivity index (χ4n) is 1.32. The molecule has 1 heterocycles. The van der Waals surface area contributed by atoms with E-state index in [9.17, 15) is 0 Å². The summed E-state index contributed by atoms with van der Waals surface area (Å²) >= 11 is 6.99. The van der Waals surface area contributed by atoms with E-state index in [4.69, 9.17) is 22.1 Å². The van der Waals surface area contributed by atoms with Gasteiger partial charge >= 0.3 is 0 Å². The Kier molecular flexibility index (Phi) is 3.78. The summed E-state index contributed by atoms with van der Waals surface area (Å²) in [6.07, 6.45) is 0. The molecular formula is C12H7ClN4S. The van der Waals surface area contributed by atoms with Gasteiger partial charge in [-0.05, 0) is 17.7 Å². The molecule has 0 saturated carbocycles. The molecular weight excluding hydrogens is 268 g/mol. The van der Waals surface area contributed by atoms with E-state index < -0.39 is 0 Å². The van der Waals surface area contributed by atoms with E-state index >= 15 is 0 Å². The number of rotatable bonds is 3. The maximum atomic E-state index is 8.75. The molecule has 2 aromatic rings. The number of halogens is 1. The molecule has 0 saturated heterocycles. The topological polar surface area (TPSA) is 72.5 Å². The van der Waals surface area contributed by atoms with Gasteiger partial charge in [0.25, 0.3) is 0 Å². The molecule has 6 heteroatoms. The molecule has 0 amide bonds. The highest BCUT2D eigenvalue weighted by Gasteiger charge is 2.07. The zero-order chi connectivity index (χ0) is 13.0. The lowest BCUT2D eigenvalue weighted by Crippen LogP contribution is -1.98. The number of benzene rings is 1. The lowest BCUT2D eigenvalue weighted by molar-refractivity contribution is 1.13. The molecule has 0 atom stereocenters. The molecule has 2 rings (SSSR count). The van der Waals surface area contributed by atoms with Gasteiger partial charge in [0.15, 0.2) is 10.3 Å². The summed E-state index contributed by atoms with van der Waals surface area (Å²) in [4.78, 5) is 4.43. The van der Waals surface area contributed by atoms with Gasteiger partial charge in [-0.2, -0.15) is 10.5 Å². The molecule has 0 aliphatic rings. The van der Waals surface area contributed by atoms with Crippen LogP contribution >= 0.6 is 22.9 Å². The lowest BCUT2D eigenvalue weighted by Gasteiger charge is -2.02. The highest BCUT2D eigenvalue weighted by atomic mass is 35.5. The molecule has 1 aromatic heterocycles. The van der Waals surface area contributed by atoms with Crippen molar-refractivity contribution >= 4 is 28.1 Å². The summed E-state index contributed by atoms with van der Waals surface area (Å²) < 4.78 is 0. The van der Waals surface area contributed by atoms with Gasteiger partial charge in [0.1, 0.15) is 10.9 Å². The highest BCUT2D eigenvalue weighted by molar-refractivity contribution is 7.16. The first-order chi connectivity index (χ1) is 8.72. The van der Waals surface area contributed by atoms with E-state index in [-0.39, 0.29) is 5.15 Å². The third kappa shape index (κ3) is 2.78. The van der Waals surface area contributed by atoms with Crippen LogP contribution < -0.4 is 5.32 Å². The molecule has 0 unspecified atom stereocenters. The predicted octanol–water partition coefficient (Wildman–Crippen LogP) is 3.15. The van der Waals surface area contributed by atoms with Gasteiger partial charge in [0.2, 0.25) is 0 Å². The largest absolute Gasteiger partial charge is 0.357 e. The Morgan fingerprint density at radius 3 is 2.50 bits per heavy atom. The Morgan fingerprint density at radius 1 is 1.22 bits per heavy atom. The summed E-state index contributed by atoms with van der Waals surface area (Å²) in [5.41, 5.74) is 1.65. The van der Waals surface area contributed by atoms with Crippen LogP contribution in [-0.4, -0.2) is 4.98 Å².